The summed E-state index contributed by atoms with van der Waals surface area (Å²) in [4.78, 5) is 65.3. The molecule has 234 valence electrons. The van der Waals surface area contributed by atoms with Crippen LogP contribution in [0.4, 0.5) is 10.5 Å². The van der Waals surface area contributed by atoms with E-state index in [1.165, 1.54) is 31.4 Å². The van der Waals surface area contributed by atoms with Crippen molar-refractivity contribution in [3.8, 4) is 0 Å². The fraction of sp³-hybridized carbons (Fsp3) is 0.387. The number of nitrogens with zero attached hydrogens (tertiary/aromatic N) is 2. The van der Waals surface area contributed by atoms with Crippen molar-refractivity contribution >= 4 is 57.1 Å². The second-order valence-electron chi connectivity index (χ2n) is 10.8. The third-order valence-electron chi connectivity index (χ3n) is 7.12. The lowest BCUT2D eigenvalue weighted by molar-refractivity contribution is -0.144. The molecular weight excluding hydrogens is 604 g/mol. The molecule has 0 aromatic heterocycles. The van der Waals surface area contributed by atoms with Crippen LogP contribution in [-0.2, 0) is 32.2 Å². The number of hydrogen-bond acceptors (Lipinski definition) is 8. The predicted molar refractivity (Wildman–Crippen MR) is 170 cm³/mol. The summed E-state index contributed by atoms with van der Waals surface area (Å²) in [6, 6.07) is 13.7. The molecule has 2 aliphatic heterocycles. The molecule has 2 aromatic rings. The van der Waals surface area contributed by atoms with E-state index in [1.807, 2.05) is 44.2 Å². The molecule has 1 saturated heterocycles. The molecule has 0 saturated carbocycles. The van der Waals surface area contributed by atoms with Crippen molar-refractivity contribution in [3.63, 3.8) is 0 Å². The number of allylic oxidation sites excluding steroid dienone is 1. The molecule has 13 heteroatoms. The van der Waals surface area contributed by atoms with Gasteiger partial charge in [0.1, 0.15) is 19.2 Å². The van der Waals surface area contributed by atoms with Crippen LogP contribution in [0.5, 0.6) is 0 Å². The van der Waals surface area contributed by atoms with E-state index in [2.05, 4.69) is 17.2 Å². The van der Waals surface area contributed by atoms with Crippen LogP contribution in [0.3, 0.4) is 0 Å². The Morgan fingerprint density at radius 3 is 2.55 bits per heavy atom. The van der Waals surface area contributed by atoms with Gasteiger partial charge in [-0.05, 0) is 37.5 Å². The number of ether oxygens (including phenoxy) is 1. The Bertz CT molecular complexity index is 1420. The van der Waals surface area contributed by atoms with Crippen molar-refractivity contribution in [2.24, 2.45) is 0 Å². The van der Waals surface area contributed by atoms with Gasteiger partial charge in [0.15, 0.2) is 0 Å². The maximum atomic E-state index is 13.1. The number of carboxylic acid groups (broad SMARTS) is 1. The second kappa shape index (κ2) is 15.2. The van der Waals surface area contributed by atoms with Crippen molar-refractivity contribution in [2.75, 3.05) is 18.5 Å². The van der Waals surface area contributed by atoms with Gasteiger partial charge in [0.2, 0.25) is 11.8 Å². The van der Waals surface area contributed by atoms with Crippen LogP contribution in [0.1, 0.15) is 54.6 Å². The zero-order valence-electron chi connectivity index (χ0n) is 24.6. The first kappa shape index (κ1) is 32.9. The van der Waals surface area contributed by atoms with Crippen molar-refractivity contribution < 1.29 is 33.8 Å². The van der Waals surface area contributed by atoms with Gasteiger partial charge in [-0.3, -0.25) is 24.5 Å². The van der Waals surface area contributed by atoms with Gasteiger partial charge in [0.05, 0.1) is 0 Å². The Morgan fingerprint density at radius 2 is 1.84 bits per heavy atom. The molecule has 1 fully saturated rings. The number of hydrogen-bond donors (Lipinski definition) is 3. The minimum absolute atomic E-state index is 0.0964. The third kappa shape index (κ3) is 8.79. The van der Waals surface area contributed by atoms with Gasteiger partial charge < -0.3 is 25.0 Å². The van der Waals surface area contributed by atoms with Gasteiger partial charge in [-0.1, -0.05) is 71.5 Å². The van der Waals surface area contributed by atoms with Crippen LogP contribution < -0.4 is 10.6 Å². The number of benzene rings is 2. The highest BCUT2D eigenvalue weighted by molar-refractivity contribution is 8.77. The molecule has 4 rings (SSSR count). The Hall–Kier alpha value is -3.97. The van der Waals surface area contributed by atoms with Gasteiger partial charge >= 0.3 is 12.1 Å². The van der Waals surface area contributed by atoms with E-state index >= 15 is 0 Å². The number of nitrogens with one attached hydrogen (secondary N) is 2. The molecular formula is C31H36N4O7S2. The first-order valence-electron chi connectivity index (χ1n) is 14.2. The highest BCUT2D eigenvalue weighted by Crippen LogP contribution is 2.34. The molecule has 0 spiro atoms. The van der Waals surface area contributed by atoms with Crippen molar-refractivity contribution in [2.45, 2.75) is 62.7 Å². The molecule has 3 atom stereocenters. The monoisotopic (exact) mass is 640 g/mol. The Kier molecular flexibility index (Phi) is 11.3. The largest absolute Gasteiger partial charge is 0.480 e. The SMILES string of the molecule is C=C1CCC(N2Cc3c(NC(=O)OC[C@H](C)SS[C@H](C)CC(=O)N(CC(=O)O)Cc4ccccc4)cccc3C2=O)C(=O)N1. The average Bonchev–Trinajstić information content (AvgIpc) is 3.31. The number of carbonyl (C=O) groups excluding carboxylic acids is 4. The molecule has 0 radical (unpaired) electrons. The van der Waals surface area contributed by atoms with E-state index < -0.39 is 18.1 Å². The summed E-state index contributed by atoms with van der Waals surface area (Å²) in [7, 11) is 2.94. The normalized spacial score (nSPS) is 17.4. The predicted octanol–water partition coefficient (Wildman–Crippen LogP) is 4.65. The number of carbonyl (C=O) groups is 5. The lowest BCUT2D eigenvalue weighted by atomic mass is 10.0. The number of carboxylic acids is 1. The first-order valence-corrected chi connectivity index (χ1v) is 16.5. The summed E-state index contributed by atoms with van der Waals surface area (Å²) in [6.07, 6.45) is 0.582. The van der Waals surface area contributed by atoms with Crippen LogP contribution in [0.25, 0.3) is 0 Å². The fourth-order valence-corrected chi connectivity index (χ4v) is 7.17. The second-order valence-corrected chi connectivity index (χ2v) is 13.9. The van der Waals surface area contributed by atoms with E-state index in [0.717, 1.165) is 5.56 Å². The molecule has 0 aliphatic carbocycles. The molecule has 2 aromatic carbocycles. The number of aliphatic carboxylic acids is 1. The number of fused-ring (bicyclic) bond motifs is 1. The van der Waals surface area contributed by atoms with Crippen LogP contribution in [0.15, 0.2) is 60.8 Å². The summed E-state index contributed by atoms with van der Waals surface area (Å²) >= 11 is 0. The topological polar surface area (TPSA) is 145 Å². The number of amides is 4. The number of anilines is 1. The van der Waals surface area contributed by atoms with Crippen molar-refractivity contribution in [1.82, 2.24) is 15.1 Å². The van der Waals surface area contributed by atoms with Crippen LogP contribution >= 0.6 is 21.6 Å². The number of piperidine rings is 1. The summed E-state index contributed by atoms with van der Waals surface area (Å²) in [5, 5.41) is 14.5. The highest BCUT2D eigenvalue weighted by Gasteiger charge is 2.39. The van der Waals surface area contributed by atoms with Crippen LogP contribution in [0, 0.1) is 0 Å². The lowest BCUT2D eigenvalue weighted by Crippen LogP contribution is -2.49. The standard InChI is InChI=1S/C31H36N4O7S2/c1-19-12-13-26(29(39)32-19)35-16-24-23(30(35)40)10-7-11-25(24)33-31(41)42-18-21(3)44-43-20(2)14-27(36)34(17-28(37)38)15-22-8-5-4-6-9-22/h4-11,20-21,26H,1,12-18H2,2-3H3,(H,32,39)(H,33,41)(H,37,38)/t20-,21+,26?/m1/s1. The molecule has 4 amide bonds. The van der Waals surface area contributed by atoms with Gasteiger partial charge in [-0.2, -0.15) is 0 Å². The summed E-state index contributed by atoms with van der Waals surface area (Å²) < 4.78 is 5.43. The van der Waals surface area contributed by atoms with Gasteiger partial charge in [-0.25, -0.2) is 4.79 Å². The summed E-state index contributed by atoms with van der Waals surface area (Å²) in [5.41, 5.74) is 3.01. The van der Waals surface area contributed by atoms with E-state index in [4.69, 9.17) is 4.74 Å². The van der Waals surface area contributed by atoms with Gasteiger partial charge in [0.25, 0.3) is 5.91 Å². The van der Waals surface area contributed by atoms with E-state index in [9.17, 15) is 29.1 Å². The lowest BCUT2D eigenvalue weighted by Gasteiger charge is -2.31. The molecule has 2 heterocycles. The zero-order chi connectivity index (χ0) is 31.8. The minimum Gasteiger partial charge on any atom is -0.480 e. The maximum absolute atomic E-state index is 13.1. The molecule has 44 heavy (non-hydrogen) atoms. The highest BCUT2D eigenvalue weighted by atomic mass is 33.1. The molecule has 1 unspecified atom stereocenters. The van der Waals surface area contributed by atoms with Crippen LogP contribution in [-0.4, -0.2) is 74.4 Å². The van der Waals surface area contributed by atoms with Gasteiger partial charge in [-0.15, -0.1) is 0 Å². The fourth-order valence-electron chi connectivity index (χ4n) is 4.95. The van der Waals surface area contributed by atoms with E-state index in [1.54, 1.807) is 18.2 Å². The van der Waals surface area contributed by atoms with Crippen molar-refractivity contribution in [3.05, 3.63) is 77.5 Å². The smallest absolute Gasteiger partial charge is 0.411 e. The summed E-state index contributed by atoms with van der Waals surface area (Å²) in [6.45, 7) is 7.73. The molecule has 2 aliphatic rings. The van der Waals surface area contributed by atoms with E-state index in [0.29, 0.717) is 35.4 Å². The maximum Gasteiger partial charge on any atom is 0.411 e. The minimum atomic E-state index is -1.07. The average molecular weight is 641 g/mol. The molecule has 11 nitrogen and oxygen atoms in total. The Balaban J connectivity index is 1.23. The molecule has 0 bridgehead atoms. The van der Waals surface area contributed by atoms with Crippen molar-refractivity contribution in [1.29, 1.82) is 0 Å². The summed E-state index contributed by atoms with van der Waals surface area (Å²) in [5.74, 6) is -1.84. The Labute approximate surface area is 264 Å². The number of rotatable bonds is 13. The first-order chi connectivity index (χ1) is 21.0. The van der Waals surface area contributed by atoms with Gasteiger partial charge in [0, 0.05) is 52.5 Å². The Morgan fingerprint density at radius 1 is 1.11 bits per heavy atom. The van der Waals surface area contributed by atoms with Crippen LogP contribution in [0.2, 0.25) is 0 Å². The quantitative estimate of drug-likeness (QED) is 0.267. The third-order valence-corrected chi connectivity index (χ3v) is 10.5. The molecule has 3 N–H and O–H groups in total. The van der Waals surface area contributed by atoms with E-state index in [-0.39, 0.29) is 60.9 Å². The zero-order valence-corrected chi connectivity index (χ0v) is 26.2.